The van der Waals surface area contributed by atoms with E-state index < -0.39 is 0 Å². The van der Waals surface area contributed by atoms with Gasteiger partial charge in [-0.1, -0.05) is 6.92 Å². The van der Waals surface area contributed by atoms with E-state index in [4.69, 9.17) is 9.47 Å². The highest BCUT2D eigenvalue weighted by atomic mass is 16.5. The number of aromatic nitrogens is 3. The van der Waals surface area contributed by atoms with Crippen LogP contribution in [0.5, 0.6) is 11.5 Å². The van der Waals surface area contributed by atoms with Crippen molar-refractivity contribution < 1.29 is 14.3 Å². The van der Waals surface area contributed by atoms with Crippen LogP contribution in [0, 0.1) is 5.92 Å². The molecule has 2 fully saturated rings. The molecule has 174 valence electrons. The van der Waals surface area contributed by atoms with Crippen LogP contribution in [0.1, 0.15) is 51.9 Å². The highest BCUT2D eigenvalue weighted by molar-refractivity contribution is 5.76. The van der Waals surface area contributed by atoms with E-state index >= 15 is 0 Å². The normalized spacial score (nSPS) is 18.8. The van der Waals surface area contributed by atoms with Gasteiger partial charge in [-0.3, -0.25) is 9.36 Å². The van der Waals surface area contributed by atoms with Gasteiger partial charge in [-0.25, -0.2) is 0 Å². The summed E-state index contributed by atoms with van der Waals surface area (Å²) in [4.78, 5) is 14.6. The molecule has 1 aromatic heterocycles. The van der Waals surface area contributed by atoms with Crippen LogP contribution in [-0.4, -0.2) is 54.0 Å². The number of nitrogens with one attached hydrogen (secondary N) is 1. The smallest absolute Gasteiger partial charge is 0.227 e. The SMILES string of the molecule is COc1ccc(-c2nnc(N3CCCC(C)CC3)n2CCCC(=O)NC2CC2)c(OC)c1. The maximum Gasteiger partial charge on any atom is 0.227 e. The van der Waals surface area contributed by atoms with Crippen LogP contribution in [0.3, 0.4) is 0 Å². The van der Waals surface area contributed by atoms with Crippen LogP contribution < -0.4 is 19.7 Å². The molecule has 2 aliphatic rings. The second-order valence-electron chi connectivity index (χ2n) is 9.01. The zero-order chi connectivity index (χ0) is 22.5. The number of ether oxygens (including phenoxy) is 2. The summed E-state index contributed by atoms with van der Waals surface area (Å²) in [5.74, 6) is 3.93. The lowest BCUT2D eigenvalue weighted by molar-refractivity contribution is -0.121. The molecular formula is C24H35N5O3. The molecule has 32 heavy (non-hydrogen) atoms. The number of benzene rings is 1. The first kappa shape index (κ1) is 22.4. The molecule has 1 saturated carbocycles. The predicted octanol–water partition coefficient (Wildman–Crippen LogP) is 3.65. The van der Waals surface area contributed by atoms with Gasteiger partial charge in [-0.15, -0.1) is 10.2 Å². The van der Waals surface area contributed by atoms with Crippen LogP contribution in [0.4, 0.5) is 5.95 Å². The molecule has 2 aromatic rings. The fourth-order valence-corrected chi connectivity index (χ4v) is 4.31. The maximum absolute atomic E-state index is 12.2. The number of hydrogen-bond acceptors (Lipinski definition) is 6. The average molecular weight is 442 g/mol. The number of anilines is 1. The highest BCUT2D eigenvalue weighted by Crippen LogP contribution is 2.34. The number of amides is 1. The monoisotopic (exact) mass is 441 g/mol. The van der Waals surface area contributed by atoms with Crippen molar-refractivity contribution in [2.45, 2.75) is 64.5 Å². The third-order valence-electron chi connectivity index (χ3n) is 6.41. The first-order valence-corrected chi connectivity index (χ1v) is 11.8. The summed E-state index contributed by atoms with van der Waals surface area (Å²) < 4.78 is 13.2. The van der Waals surface area contributed by atoms with Crippen molar-refractivity contribution in [2.75, 3.05) is 32.2 Å². The van der Waals surface area contributed by atoms with E-state index in [-0.39, 0.29) is 5.91 Å². The van der Waals surface area contributed by atoms with Crippen molar-refractivity contribution >= 4 is 11.9 Å². The number of rotatable bonds is 9. The quantitative estimate of drug-likeness (QED) is 0.640. The van der Waals surface area contributed by atoms with Crippen LogP contribution in [-0.2, 0) is 11.3 Å². The van der Waals surface area contributed by atoms with E-state index in [1.54, 1.807) is 14.2 Å². The molecule has 2 heterocycles. The molecule has 1 aromatic carbocycles. The Kier molecular flexibility index (Phi) is 7.17. The number of carbonyl (C=O) groups excluding carboxylic acids is 1. The molecule has 1 N–H and O–H groups in total. The van der Waals surface area contributed by atoms with Crippen LogP contribution in [0.25, 0.3) is 11.4 Å². The molecule has 0 radical (unpaired) electrons. The zero-order valence-electron chi connectivity index (χ0n) is 19.5. The minimum absolute atomic E-state index is 0.134. The molecule has 1 saturated heterocycles. The summed E-state index contributed by atoms with van der Waals surface area (Å²) in [6.07, 6.45) is 7.00. The molecule has 4 rings (SSSR count). The van der Waals surface area contributed by atoms with Gasteiger partial charge in [0.2, 0.25) is 11.9 Å². The number of nitrogens with zero attached hydrogens (tertiary/aromatic N) is 4. The lowest BCUT2D eigenvalue weighted by atomic mass is 10.0. The molecular weight excluding hydrogens is 406 g/mol. The Labute approximate surface area is 190 Å². The molecule has 0 spiro atoms. The third kappa shape index (κ3) is 5.34. The van der Waals surface area contributed by atoms with Gasteiger partial charge < -0.3 is 19.7 Å². The predicted molar refractivity (Wildman–Crippen MR) is 124 cm³/mol. The van der Waals surface area contributed by atoms with E-state index in [1.165, 1.54) is 6.42 Å². The molecule has 1 aliphatic carbocycles. The van der Waals surface area contributed by atoms with Crippen molar-refractivity contribution in [3.05, 3.63) is 18.2 Å². The van der Waals surface area contributed by atoms with Crippen molar-refractivity contribution in [3.63, 3.8) is 0 Å². The summed E-state index contributed by atoms with van der Waals surface area (Å²) in [6.45, 7) is 4.95. The zero-order valence-corrected chi connectivity index (χ0v) is 19.5. The van der Waals surface area contributed by atoms with Gasteiger partial charge >= 0.3 is 0 Å². The van der Waals surface area contributed by atoms with Gasteiger partial charge in [-0.05, 0) is 56.6 Å². The second-order valence-corrected chi connectivity index (χ2v) is 9.01. The Balaban J connectivity index is 1.60. The largest absolute Gasteiger partial charge is 0.497 e. The van der Waals surface area contributed by atoms with E-state index in [1.807, 2.05) is 18.2 Å². The van der Waals surface area contributed by atoms with Crippen LogP contribution in [0.2, 0.25) is 0 Å². The number of methoxy groups -OCH3 is 2. The second kappa shape index (κ2) is 10.2. The molecule has 1 aliphatic heterocycles. The van der Waals surface area contributed by atoms with Gasteiger partial charge in [-0.2, -0.15) is 0 Å². The van der Waals surface area contributed by atoms with Gasteiger partial charge in [0, 0.05) is 38.2 Å². The summed E-state index contributed by atoms with van der Waals surface area (Å²) in [5, 5.41) is 12.3. The standard InChI is InChI=1S/C24H35N5O3/c1-17-6-4-13-28(15-12-17)24-27-26-23(20-11-10-19(31-2)16-21(20)32-3)29(24)14-5-7-22(30)25-18-8-9-18/h10-11,16-18H,4-9,12-15H2,1-3H3,(H,25,30). The molecule has 8 heteroatoms. The van der Waals surface area contributed by atoms with Crippen molar-refractivity contribution in [1.29, 1.82) is 0 Å². The number of carbonyl (C=O) groups is 1. The summed E-state index contributed by atoms with van der Waals surface area (Å²) in [6, 6.07) is 6.13. The van der Waals surface area contributed by atoms with Crippen LogP contribution in [0.15, 0.2) is 18.2 Å². The first-order chi connectivity index (χ1) is 15.6. The molecule has 0 bridgehead atoms. The minimum Gasteiger partial charge on any atom is -0.497 e. The fourth-order valence-electron chi connectivity index (χ4n) is 4.31. The van der Waals surface area contributed by atoms with Gasteiger partial charge in [0.1, 0.15) is 11.5 Å². The van der Waals surface area contributed by atoms with Gasteiger partial charge in [0.05, 0.1) is 19.8 Å². The Bertz CT molecular complexity index is 924. The molecule has 1 atom stereocenters. The third-order valence-corrected chi connectivity index (χ3v) is 6.41. The summed E-state index contributed by atoms with van der Waals surface area (Å²) >= 11 is 0. The summed E-state index contributed by atoms with van der Waals surface area (Å²) in [7, 11) is 3.29. The fraction of sp³-hybridized carbons (Fsp3) is 0.625. The first-order valence-electron chi connectivity index (χ1n) is 11.8. The Morgan fingerprint density at radius 3 is 2.72 bits per heavy atom. The molecule has 8 nitrogen and oxygen atoms in total. The highest BCUT2D eigenvalue weighted by Gasteiger charge is 2.25. The topological polar surface area (TPSA) is 81.5 Å². The maximum atomic E-state index is 12.2. The van der Waals surface area contributed by atoms with Crippen molar-refractivity contribution in [1.82, 2.24) is 20.1 Å². The number of hydrogen-bond donors (Lipinski definition) is 1. The van der Waals surface area contributed by atoms with E-state index in [0.29, 0.717) is 24.8 Å². The average Bonchev–Trinajstić information content (AvgIpc) is 3.56. The van der Waals surface area contributed by atoms with E-state index in [2.05, 4.69) is 31.9 Å². The van der Waals surface area contributed by atoms with Crippen molar-refractivity contribution in [2.24, 2.45) is 5.92 Å². The Morgan fingerprint density at radius 1 is 1.12 bits per heavy atom. The molecule has 1 amide bonds. The lowest BCUT2D eigenvalue weighted by Gasteiger charge is -2.23. The van der Waals surface area contributed by atoms with Gasteiger partial charge in [0.15, 0.2) is 5.82 Å². The minimum atomic E-state index is 0.134. The van der Waals surface area contributed by atoms with E-state index in [0.717, 1.165) is 74.2 Å². The summed E-state index contributed by atoms with van der Waals surface area (Å²) in [5.41, 5.74) is 0.873. The molecule has 1 unspecified atom stereocenters. The van der Waals surface area contributed by atoms with Crippen molar-refractivity contribution in [3.8, 4) is 22.9 Å². The Hall–Kier alpha value is -2.77. The Morgan fingerprint density at radius 2 is 1.97 bits per heavy atom. The van der Waals surface area contributed by atoms with Crippen LogP contribution >= 0.6 is 0 Å². The van der Waals surface area contributed by atoms with Gasteiger partial charge in [0.25, 0.3) is 0 Å². The lowest BCUT2D eigenvalue weighted by Crippen LogP contribution is -2.28. The van der Waals surface area contributed by atoms with E-state index in [9.17, 15) is 4.79 Å².